The van der Waals surface area contributed by atoms with Gasteiger partial charge in [0.2, 0.25) is 5.85 Å². The Kier molecular flexibility index (Phi) is 4.86. The SMILES string of the molecule is NCCCCc1nc2c(N)ncnc2n1[C@]1(N)O[C@H](CO)[C@@H](O)[C@H]1O. The number of unbranched alkanes of at least 4 members (excludes halogenated alkanes) is 1. The molecule has 0 amide bonds. The van der Waals surface area contributed by atoms with Crippen LogP contribution in [0.3, 0.4) is 0 Å². The van der Waals surface area contributed by atoms with E-state index in [4.69, 9.17) is 21.9 Å². The number of aryl methyl sites for hydroxylation is 1. The van der Waals surface area contributed by atoms with Crippen LogP contribution >= 0.6 is 0 Å². The Morgan fingerprint density at radius 3 is 2.68 bits per heavy atom. The Morgan fingerprint density at radius 2 is 2.04 bits per heavy atom. The highest BCUT2D eigenvalue weighted by Gasteiger charge is 2.54. The van der Waals surface area contributed by atoms with Crippen molar-refractivity contribution < 1.29 is 20.1 Å². The second kappa shape index (κ2) is 6.78. The summed E-state index contributed by atoms with van der Waals surface area (Å²) in [5.41, 5.74) is 18.3. The van der Waals surface area contributed by atoms with Gasteiger partial charge in [0.25, 0.3) is 0 Å². The molecule has 1 aliphatic rings. The summed E-state index contributed by atoms with van der Waals surface area (Å²) in [7, 11) is 0. The summed E-state index contributed by atoms with van der Waals surface area (Å²) in [6, 6.07) is 0. The van der Waals surface area contributed by atoms with Crippen LogP contribution in [0.25, 0.3) is 11.2 Å². The van der Waals surface area contributed by atoms with Crippen molar-refractivity contribution >= 4 is 17.0 Å². The number of ether oxygens (including phenoxy) is 1. The number of nitrogens with zero attached hydrogens (tertiary/aromatic N) is 4. The largest absolute Gasteiger partial charge is 0.394 e. The minimum absolute atomic E-state index is 0.166. The number of anilines is 1. The Balaban J connectivity index is 2.13. The molecule has 9 N–H and O–H groups in total. The molecular formula is C14H23N7O4. The van der Waals surface area contributed by atoms with Gasteiger partial charge in [-0.1, -0.05) is 0 Å². The topological polar surface area (TPSA) is 192 Å². The van der Waals surface area contributed by atoms with Crippen molar-refractivity contribution in [2.45, 2.75) is 43.4 Å². The van der Waals surface area contributed by atoms with E-state index in [0.29, 0.717) is 24.3 Å². The van der Waals surface area contributed by atoms with Crippen LogP contribution in [0.1, 0.15) is 18.7 Å². The second-order valence-corrected chi connectivity index (χ2v) is 6.07. The summed E-state index contributed by atoms with van der Waals surface area (Å²) < 4.78 is 7.00. The summed E-state index contributed by atoms with van der Waals surface area (Å²) in [5.74, 6) is -1.21. The van der Waals surface area contributed by atoms with Crippen molar-refractivity contribution in [3.63, 3.8) is 0 Å². The number of fused-ring (bicyclic) bond motifs is 1. The van der Waals surface area contributed by atoms with Gasteiger partial charge in [-0.15, -0.1) is 0 Å². The molecule has 1 saturated heterocycles. The fourth-order valence-corrected chi connectivity index (χ4v) is 3.08. The van der Waals surface area contributed by atoms with Crippen LogP contribution in [-0.4, -0.2) is 66.3 Å². The molecule has 1 fully saturated rings. The van der Waals surface area contributed by atoms with Gasteiger partial charge in [-0.05, 0) is 19.4 Å². The molecule has 0 bridgehead atoms. The minimum atomic E-state index is -1.85. The molecule has 4 atom stereocenters. The van der Waals surface area contributed by atoms with Gasteiger partial charge in [0.1, 0.15) is 30.5 Å². The first-order chi connectivity index (χ1) is 11.9. The summed E-state index contributed by atoms with van der Waals surface area (Å²) >= 11 is 0. The number of aliphatic hydroxyl groups excluding tert-OH is 3. The summed E-state index contributed by atoms with van der Waals surface area (Å²) in [6.07, 6.45) is -0.645. The molecule has 2 aromatic rings. The third-order valence-corrected chi connectivity index (χ3v) is 4.39. The highest BCUT2D eigenvalue weighted by atomic mass is 16.6. The number of hydrogen-bond donors (Lipinski definition) is 6. The molecule has 3 heterocycles. The molecule has 1 aliphatic heterocycles. The molecule has 0 saturated carbocycles. The molecule has 11 heteroatoms. The van der Waals surface area contributed by atoms with Crippen LogP contribution in [0.5, 0.6) is 0 Å². The number of imidazole rings is 1. The molecular weight excluding hydrogens is 330 g/mol. The summed E-state index contributed by atoms with van der Waals surface area (Å²) in [6.45, 7) is 0.0316. The van der Waals surface area contributed by atoms with Crippen molar-refractivity contribution in [2.75, 3.05) is 18.9 Å². The molecule has 0 aromatic carbocycles. The van der Waals surface area contributed by atoms with Gasteiger partial charge in [-0.2, -0.15) is 0 Å². The molecule has 138 valence electrons. The van der Waals surface area contributed by atoms with Crippen molar-refractivity contribution in [3.8, 4) is 0 Å². The lowest BCUT2D eigenvalue weighted by Gasteiger charge is -2.30. The van der Waals surface area contributed by atoms with E-state index in [1.165, 1.54) is 10.9 Å². The van der Waals surface area contributed by atoms with Crippen molar-refractivity contribution in [2.24, 2.45) is 11.5 Å². The van der Waals surface area contributed by atoms with E-state index >= 15 is 0 Å². The predicted octanol–water partition coefficient (Wildman–Crippen LogP) is -2.63. The average Bonchev–Trinajstić information content (AvgIpc) is 3.08. The minimum Gasteiger partial charge on any atom is -0.394 e. The summed E-state index contributed by atoms with van der Waals surface area (Å²) in [4.78, 5) is 12.5. The van der Waals surface area contributed by atoms with Crippen LogP contribution < -0.4 is 17.2 Å². The van der Waals surface area contributed by atoms with Gasteiger partial charge in [-0.3, -0.25) is 10.3 Å². The molecule has 25 heavy (non-hydrogen) atoms. The normalized spacial score (nSPS) is 29.6. The Morgan fingerprint density at radius 1 is 1.28 bits per heavy atom. The molecule has 11 nitrogen and oxygen atoms in total. The number of rotatable bonds is 6. The molecule has 3 rings (SSSR count). The van der Waals surface area contributed by atoms with Gasteiger partial charge in [0.05, 0.1) is 6.61 Å². The smallest absolute Gasteiger partial charge is 0.232 e. The third kappa shape index (κ3) is 2.84. The molecule has 0 radical (unpaired) electrons. The van der Waals surface area contributed by atoms with Crippen molar-refractivity contribution in [1.29, 1.82) is 0 Å². The Bertz CT molecular complexity index is 754. The Hall–Kier alpha value is -1.89. The van der Waals surface area contributed by atoms with E-state index in [2.05, 4.69) is 15.0 Å². The second-order valence-electron chi connectivity index (χ2n) is 6.07. The molecule has 0 spiro atoms. The highest BCUT2D eigenvalue weighted by molar-refractivity contribution is 5.82. The first kappa shape index (κ1) is 17.9. The van der Waals surface area contributed by atoms with Crippen molar-refractivity contribution in [3.05, 3.63) is 12.2 Å². The highest BCUT2D eigenvalue weighted by Crippen LogP contribution is 2.35. The number of hydrogen-bond acceptors (Lipinski definition) is 10. The van der Waals surface area contributed by atoms with Crippen LogP contribution in [0.2, 0.25) is 0 Å². The first-order valence-corrected chi connectivity index (χ1v) is 8.06. The quantitative estimate of drug-likeness (QED) is 0.299. The van der Waals surface area contributed by atoms with E-state index in [1.807, 2.05) is 0 Å². The van der Waals surface area contributed by atoms with Gasteiger partial charge < -0.3 is 31.5 Å². The molecule has 0 aliphatic carbocycles. The van der Waals surface area contributed by atoms with Crippen molar-refractivity contribution in [1.82, 2.24) is 19.5 Å². The van der Waals surface area contributed by atoms with E-state index < -0.39 is 30.8 Å². The number of aromatic nitrogens is 4. The number of nitrogen functional groups attached to an aromatic ring is 1. The zero-order valence-corrected chi connectivity index (χ0v) is 13.6. The Labute approximate surface area is 143 Å². The first-order valence-electron chi connectivity index (χ1n) is 8.06. The van der Waals surface area contributed by atoms with Gasteiger partial charge in [-0.25, -0.2) is 15.0 Å². The summed E-state index contributed by atoms with van der Waals surface area (Å²) in [5, 5.41) is 29.9. The number of aliphatic hydroxyl groups is 3. The average molecular weight is 353 g/mol. The fourth-order valence-electron chi connectivity index (χ4n) is 3.08. The van der Waals surface area contributed by atoms with Crippen LogP contribution in [0.15, 0.2) is 6.33 Å². The van der Waals surface area contributed by atoms with Gasteiger partial charge in [0, 0.05) is 6.42 Å². The fraction of sp³-hybridized carbons (Fsp3) is 0.643. The predicted molar refractivity (Wildman–Crippen MR) is 87.9 cm³/mol. The van der Waals surface area contributed by atoms with E-state index in [1.54, 1.807) is 0 Å². The van der Waals surface area contributed by atoms with Crippen LogP contribution in [0, 0.1) is 0 Å². The maximum atomic E-state index is 10.5. The lowest BCUT2D eigenvalue weighted by Crippen LogP contribution is -2.53. The lowest BCUT2D eigenvalue weighted by molar-refractivity contribution is -0.142. The standard InChI is InChI=1S/C14H23N7O4/c15-4-2-1-3-8-20-9-12(16)18-6-19-13(9)21(8)14(17)11(24)10(23)7(5-22)25-14/h6-7,10-11,22-24H,1-5,15,17H2,(H2,16,18,19)/t7-,10-,11-,14+/m1/s1. The van der Waals surface area contributed by atoms with Gasteiger partial charge >= 0.3 is 0 Å². The zero-order valence-electron chi connectivity index (χ0n) is 13.6. The third-order valence-electron chi connectivity index (χ3n) is 4.39. The van der Waals surface area contributed by atoms with Crippen LogP contribution in [0.4, 0.5) is 5.82 Å². The molecule has 0 unspecified atom stereocenters. The van der Waals surface area contributed by atoms with E-state index in [0.717, 1.165) is 12.8 Å². The lowest BCUT2D eigenvalue weighted by atomic mass is 10.1. The van der Waals surface area contributed by atoms with E-state index in [9.17, 15) is 15.3 Å². The molecule has 2 aromatic heterocycles. The number of nitrogens with two attached hydrogens (primary N) is 3. The monoisotopic (exact) mass is 353 g/mol. The maximum Gasteiger partial charge on any atom is 0.232 e. The maximum absolute atomic E-state index is 10.5. The van der Waals surface area contributed by atoms with Crippen LogP contribution in [-0.2, 0) is 17.0 Å². The van der Waals surface area contributed by atoms with Gasteiger partial charge in [0.15, 0.2) is 17.0 Å². The zero-order chi connectivity index (χ0) is 18.2. The van der Waals surface area contributed by atoms with E-state index in [-0.39, 0.29) is 11.5 Å².